The van der Waals surface area contributed by atoms with E-state index in [1.165, 1.54) is 0 Å². The van der Waals surface area contributed by atoms with Crippen molar-refractivity contribution in [2.24, 2.45) is 0 Å². The van der Waals surface area contributed by atoms with Crippen LogP contribution >= 0.6 is 0 Å². The molecule has 0 aromatic carbocycles. The van der Waals surface area contributed by atoms with Crippen molar-refractivity contribution >= 4 is 35.4 Å². The van der Waals surface area contributed by atoms with Gasteiger partial charge >= 0.3 is 11.8 Å². The molecule has 0 aromatic heterocycles. The van der Waals surface area contributed by atoms with E-state index in [0.29, 0.717) is 0 Å². The molecule has 0 spiro atoms. The van der Waals surface area contributed by atoms with Crippen LogP contribution in [0.1, 0.15) is 27.7 Å². The van der Waals surface area contributed by atoms with E-state index in [-0.39, 0.29) is 9.80 Å². The number of hydrogen-bond acceptors (Lipinski definition) is 6. The molecule has 0 aliphatic heterocycles. The van der Waals surface area contributed by atoms with Gasteiger partial charge in [0.2, 0.25) is 23.6 Å². The first kappa shape index (κ1) is 15.6. The standard InChI is InChI=1S/C10H12N2O6/c1-5(13)11(6(2)14)9(17)10(18)12(7(3)15)8(4)16/h1-4H3. The summed E-state index contributed by atoms with van der Waals surface area (Å²) in [5, 5.41) is 0. The molecular formula is C10H12N2O6. The molecule has 0 aliphatic rings. The van der Waals surface area contributed by atoms with Crippen LogP contribution in [0.5, 0.6) is 0 Å². The molecule has 0 atom stereocenters. The van der Waals surface area contributed by atoms with E-state index in [4.69, 9.17) is 0 Å². The summed E-state index contributed by atoms with van der Waals surface area (Å²) in [7, 11) is 0. The highest BCUT2D eigenvalue weighted by Gasteiger charge is 2.35. The number of carbonyl (C=O) groups excluding carboxylic acids is 6. The lowest BCUT2D eigenvalue weighted by Gasteiger charge is -2.18. The molecule has 98 valence electrons. The highest BCUT2D eigenvalue weighted by molar-refractivity contribution is 6.45. The summed E-state index contributed by atoms with van der Waals surface area (Å²) in [6.45, 7) is 3.60. The molecule has 0 aromatic rings. The van der Waals surface area contributed by atoms with E-state index in [9.17, 15) is 28.8 Å². The van der Waals surface area contributed by atoms with Gasteiger partial charge in [-0.2, -0.15) is 0 Å². The fourth-order valence-corrected chi connectivity index (χ4v) is 1.21. The van der Waals surface area contributed by atoms with Crippen LogP contribution in [0.25, 0.3) is 0 Å². The monoisotopic (exact) mass is 256 g/mol. The molecule has 6 amide bonds. The Bertz CT molecular complexity index is 383. The maximum atomic E-state index is 11.6. The quantitative estimate of drug-likeness (QED) is 0.505. The topological polar surface area (TPSA) is 109 Å². The Morgan fingerprint density at radius 2 is 0.667 bits per heavy atom. The third-order valence-electron chi connectivity index (χ3n) is 1.85. The Kier molecular flexibility index (Phi) is 5.03. The van der Waals surface area contributed by atoms with Gasteiger partial charge in [0, 0.05) is 27.7 Å². The van der Waals surface area contributed by atoms with Crippen molar-refractivity contribution < 1.29 is 28.8 Å². The van der Waals surface area contributed by atoms with Crippen molar-refractivity contribution in [2.75, 3.05) is 0 Å². The van der Waals surface area contributed by atoms with Crippen LogP contribution in [-0.4, -0.2) is 45.2 Å². The summed E-state index contributed by atoms with van der Waals surface area (Å²) in [5.74, 6) is -7.00. The number of nitrogens with zero attached hydrogens (tertiary/aromatic N) is 2. The third-order valence-corrected chi connectivity index (χ3v) is 1.85. The Morgan fingerprint density at radius 1 is 0.500 bits per heavy atom. The smallest absolute Gasteiger partial charge is 0.274 e. The second-order valence-electron chi connectivity index (χ2n) is 3.36. The van der Waals surface area contributed by atoms with Crippen molar-refractivity contribution in [3.63, 3.8) is 0 Å². The number of amides is 6. The highest BCUT2D eigenvalue weighted by Crippen LogP contribution is 2.00. The second-order valence-corrected chi connectivity index (χ2v) is 3.36. The van der Waals surface area contributed by atoms with Gasteiger partial charge in [-0.1, -0.05) is 0 Å². The molecule has 0 unspecified atom stereocenters. The molecule has 0 radical (unpaired) electrons. The molecule has 0 aliphatic carbocycles. The lowest BCUT2D eigenvalue weighted by molar-refractivity contribution is -0.166. The predicted molar refractivity (Wildman–Crippen MR) is 56.4 cm³/mol. The Balaban J connectivity index is 5.37. The van der Waals surface area contributed by atoms with E-state index in [1.807, 2.05) is 0 Å². The van der Waals surface area contributed by atoms with Crippen molar-refractivity contribution in [3.05, 3.63) is 0 Å². The lowest BCUT2D eigenvalue weighted by atomic mass is 10.3. The van der Waals surface area contributed by atoms with Crippen LogP contribution in [0.15, 0.2) is 0 Å². The molecule has 0 fully saturated rings. The van der Waals surface area contributed by atoms with E-state index in [0.717, 1.165) is 27.7 Å². The van der Waals surface area contributed by atoms with Crippen LogP contribution in [0, 0.1) is 0 Å². The average molecular weight is 256 g/mol. The van der Waals surface area contributed by atoms with E-state index in [1.54, 1.807) is 0 Å². The minimum Gasteiger partial charge on any atom is -0.274 e. The van der Waals surface area contributed by atoms with Gasteiger partial charge in [0.25, 0.3) is 0 Å². The number of imide groups is 6. The van der Waals surface area contributed by atoms with Crippen molar-refractivity contribution in [1.82, 2.24) is 9.80 Å². The van der Waals surface area contributed by atoms with E-state index < -0.39 is 35.4 Å². The second kappa shape index (κ2) is 5.80. The molecule has 0 saturated carbocycles. The van der Waals surface area contributed by atoms with Crippen LogP contribution in [0.3, 0.4) is 0 Å². The first-order chi connectivity index (χ1) is 8.11. The molecule has 0 saturated heterocycles. The van der Waals surface area contributed by atoms with Gasteiger partial charge in [0.05, 0.1) is 0 Å². The summed E-state index contributed by atoms with van der Waals surface area (Å²) in [6, 6.07) is 0. The zero-order valence-electron chi connectivity index (χ0n) is 10.3. The van der Waals surface area contributed by atoms with Gasteiger partial charge < -0.3 is 0 Å². The first-order valence-corrected chi connectivity index (χ1v) is 4.82. The van der Waals surface area contributed by atoms with Gasteiger partial charge in [-0.25, -0.2) is 9.80 Å². The van der Waals surface area contributed by atoms with Crippen molar-refractivity contribution in [1.29, 1.82) is 0 Å². The first-order valence-electron chi connectivity index (χ1n) is 4.82. The maximum Gasteiger partial charge on any atom is 0.326 e. The van der Waals surface area contributed by atoms with Gasteiger partial charge in [-0.15, -0.1) is 0 Å². The Hall–Kier alpha value is -2.38. The average Bonchev–Trinajstić information content (AvgIpc) is 2.14. The van der Waals surface area contributed by atoms with Gasteiger partial charge in [0.15, 0.2) is 0 Å². The number of carbonyl (C=O) groups is 6. The molecule has 0 N–H and O–H groups in total. The summed E-state index contributed by atoms with van der Waals surface area (Å²) >= 11 is 0. The van der Waals surface area contributed by atoms with Crippen LogP contribution < -0.4 is 0 Å². The molecule has 0 rings (SSSR count). The molecule has 18 heavy (non-hydrogen) atoms. The van der Waals surface area contributed by atoms with Crippen molar-refractivity contribution in [3.8, 4) is 0 Å². The molecule has 8 heteroatoms. The summed E-state index contributed by atoms with van der Waals surface area (Å²) in [4.78, 5) is 67.4. The van der Waals surface area contributed by atoms with Gasteiger partial charge in [-0.3, -0.25) is 28.8 Å². The van der Waals surface area contributed by atoms with Crippen LogP contribution in [0.2, 0.25) is 0 Å². The molecule has 0 bridgehead atoms. The summed E-state index contributed by atoms with van der Waals surface area (Å²) in [5.41, 5.74) is 0. The fourth-order valence-electron chi connectivity index (χ4n) is 1.21. The van der Waals surface area contributed by atoms with Crippen LogP contribution in [-0.2, 0) is 28.8 Å². The Morgan fingerprint density at radius 3 is 0.778 bits per heavy atom. The molecule has 8 nitrogen and oxygen atoms in total. The van der Waals surface area contributed by atoms with Crippen LogP contribution in [0.4, 0.5) is 0 Å². The van der Waals surface area contributed by atoms with Gasteiger partial charge in [-0.05, 0) is 0 Å². The largest absolute Gasteiger partial charge is 0.326 e. The SMILES string of the molecule is CC(=O)N(C(C)=O)C(=O)C(=O)N(C(C)=O)C(C)=O. The predicted octanol–water partition coefficient (Wildman–Crippen LogP) is -1.17. The maximum absolute atomic E-state index is 11.6. The minimum atomic E-state index is -1.54. The number of rotatable bonds is 0. The summed E-state index contributed by atoms with van der Waals surface area (Å²) in [6.07, 6.45) is 0. The van der Waals surface area contributed by atoms with E-state index in [2.05, 4.69) is 0 Å². The third kappa shape index (κ3) is 3.30. The molecular weight excluding hydrogens is 244 g/mol. The molecule has 0 heterocycles. The highest BCUT2D eigenvalue weighted by atomic mass is 16.2. The normalized spacial score (nSPS) is 9.33. The fraction of sp³-hybridized carbons (Fsp3) is 0.400. The zero-order chi connectivity index (χ0) is 14.6. The Labute approximate surface area is 103 Å². The lowest BCUT2D eigenvalue weighted by Crippen LogP contribution is -2.51. The summed E-state index contributed by atoms with van der Waals surface area (Å²) < 4.78 is 0. The number of hydrogen-bond donors (Lipinski definition) is 0. The van der Waals surface area contributed by atoms with Gasteiger partial charge in [0.1, 0.15) is 0 Å². The van der Waals surface area contributed by atoms with E-state index >= 15 is 0 Å². The zero-order valence-corrected chi connectivity index (χ0v) is 10.3. The van der Waals surface area contributed by atoms with Crippen molar-refractivity contribution in [2.45, 2.75) is 27.7 Å². The minimum absolute atomic E-state index is 0.0568.